The highest BCUT2D eigenvalue weighted by molar-refractivity contribution is 7.91. The van der Waals surface area contributed by atoms with E-state index in [9.17, 15) is 17.2 Å². The average Bonchev–Trinajstić information content (AvgIpc) is 2.82. The molecule has 0 aliphatic carbocycles. The van der Waals surface area contributed by atoms with Crippen LogP contribution in [0.25, 0.3) is 0 Å². The van der Waals surface area contributed by atoms with Crippen LogP contribution in [0.15, 0.2) is 28.5 Å². The predicted molar refractivity (Wildman–Crippen MR) is 75.4 cm³/mol. The fraction of sp³-hybridized carbons (Fsp3) is 0.231. The maximum absolute atomic E-state index is 13.4. The predicted octanol–water partition coefficient (Wildman–Crippen LogP) is 2.31. The van der Waals surface area contributed by atoms with Gasteiger partial charge in [-0.2, -0.15) is 0 Å². The van der Waals surface area contributed by atoms with Crippen molar-refractivity contribution >= 4 is 21.4 Å². The number of hydrogen-bond donors (Lipinski definition) is 2. The molecule has 0 aliphatic rings. The van der Waals surface area contributed by atoms with E-state index in [1.807, 2.05) is 0 Å². The van der Waals surface area contributed by atoms with Gasteiger partial charge in [0.15, 0.2) is 0 Å². The van der Waals surface area contributed by atoms with Crippen LogP contribution in [0, 0.1) is 18.6 Å². The third-order valence-electron chi connectivity index (χ3n) is 2.87. The van der Waals surface area contributed by atoms with Crippen molar-refractivity contribution in [2.75, 3.05) is 0 Å². The average molecular weight is 333 g/mol. The molecule has 1 aromatic heterocycles. The number of hydrogen-bond acceptors (Lipinski definition) is 4. The summed E-state index contributed by atoms with van der Waals surface area (Å²) in [7, 11) is -3.83. The highest BCUT2D eigenvalue weighted by Gasteiger charge is 2.19. The first-order chi connectivity index (χ1) is 9.83. The number of aliphatic hydroxyl groups excluding tert-OH is 1. The summed E-state index contributed by atoms with van der Waals surface area (Å²) in [6.07, 6.45) is 0. The molecule has 2 rings (SSSR count). The van der Waals surface area contributed by atoms with Crippen LogP contribution in [-0.4, -0.2) is 13.5 Å². The zero-order valence-corrected chi connectivity index (χ0v) is 12.7. The van der Waals surface area contributed by atoms with Crippen molar-refractivity contribution in [1.82, 2.24) is 4.72 Å². The van der Waals surface area contributed by atoms with Gasteiger partial charge in [0, 0.05) is 17.0 Å². The Morgan fingerprint density at radius 1 is 1.29 bits per heavy atom. The van der Waals surface area contributed by atoms with Crippen LogP contribution >= 0.6 is 11.3 Å². The van der Waals surface area contributed by atoms with Crippen molar-refractivity contribution in [3.05, 3.63) is 51.9 Å². The topological polar surface area (TPSA) is 66.4 Å². The van der Waals surface area contributed by atoms with Crippen LogP contribution in [0.2, 0.25) is 0 Å². The molecular weight excluding hydrogens is 320 g/mol. The van der Waals surface area contributed by atoms with E-state index in [-0.39, 0.29) is 22.9 Å². The van der Waals surface area contributed by atoms with Crippen LogP contribution < -0.4 is 4.72 Å². The van der Waals surface area contributed by atoms with Gasteiger partial charge in [-0.05, 0) is 36.8 Å². The molecule has 0 unspecified atom stereocenters. The number of sulfonamides is 1. The summed E-state index contributed by atoms with van der Waals surface area (Å²) in [4.78, 5) is 0.548. The van der Waals surface area contributed by atoms with Crippen LogP contribution in [-0.2, 0) is 23.2 Å². The lowest BCUT2D eigenvalue weighted by Crippen LogP contribution is -2.23. The lowest BCUT2D eigenvalue weighted by Gasteiger charge is -2.06. The number of nitrogens with one attached hydrogen (secondary N) is 1. The molecular formula is C13H13F2NO3S2. The molecule has 2 N–H and O–H groups in total. The molecule has 0 fully saturated rings. The summed E-state index contributed by atoms with van der Waals surface area (Å²) in [6.45, 7) is 1.09. The normalized spacial score (nSPS) is 11.8. The molecule has 0 saturated carbocycles. The SMILES string of the molecule is Cc1cc(S(=O)(=O)NCc2cc(F)ccc2F)sc1CO. The molecule has 2 aromatic rings. The van der Waals surface area contributed by atoms with E-state index in [0.717, 1.165) is 29.5 Å². The standard InChI is InChI=1S/C13H13F2NO3S2/c1-8-4-13(20-12(8)7-17)21(18,19)16-6-9-5-10(14)2-3-11(9)15/h2-5,16-17H,6-7H2,1H3. The van der Waals surface area contributed by atoms with Gasteiger partial charge in [-0.15, -0.1) is 11.3 Å². The molecule has 8 heteroatoms. The monoisotopic (exact) mass is 333 g/mol. The van der Waals surface area contributed by atoms with Gasteiger partial charge in [-0.25, -0.2) is 21.9 Å². The summed E-state index contributed by atoms with van der Waals surface area (Å²) in [5.41, 5.74) is 0.592. The Labute approximate surface area is 125 Å². The summed E-state index contributed by atoms with van der Waals surface area (Å²) in [6, 6.07) is 4.28. The van der Waals surface area contributed by atoms with Gasteiger partial charge in [-0.1, -0.05) is 0 Å². The number of halogens is 2. The second-order valence-corrected chi connectivity index (χ2v) is 7.52. The second-order valence-electron chi connectivity index (χ2n) is 4.39. The van der Waals surface area contributed by atoms with Gasteiger partial charge in [0.2, 0.25) is 10.0 Å². The first kappa shape index (κ1) is 16.0. The Kier molecular flexibility index (Phi) is 4.72. The van der Waals surface area contributed by atoms with E-state index < -0.39 is 21.7 Å². The van der Waals surface area contributed by atoms with Gasteiger partial charge in [0.1, 0.15) is 15.8 Å². The Hall–Kier alpha value is -1.35. The summed E-state index contributed by atoms with van der Waals surface area (Å²) < 4.78 is 52.9. The van der Waals surface area contributed by atoms with E-state index in [1.54, 1.807) is 6.92 Å². The number of aryl methyl sites for hydroxylation is 1. The maximum atomic E-state index is 13.4. The molecule has 0 saturated heterocycles. The molecule has 0 amide bonds. The minimum absolute atomic E-state index is 0.0286. The lowest BCUT2D eigenvalue weighted by molar-refractivity contribution is 0.285. The molecule has 4 nitrogen and oxygen atoms in total. The minimum atomic E-state index is -3.83. The Morgan fingerprint density at radius 2 is 2.00 bits per heavy atom. The lowest BCUT2D eigenvalue weighted by atomic mass is 10.2. The van der Waals surface area contributed by atoms with E-state index >= 15 is 0 Å². The first-order valence-electron chi connectivity index (χ1n) is 5.97. The maximum Gasteiger partial charge on any atom is 0.250 e. The Balaban J connectivity index is 2.19. The van der Waals surface area contributed by atoms with Crippen LogP contribution in [0.5, 0.6) is 0 Å². The van der Waals surface area contributed by atoms with Crippen molar-refractivity contribution in [3.8, 4) is 0 Å². The largest absolute Gasteiger partial charge is 0.391 e. The van der Waals surface area contributed by atoms with Crippen LogP contribution in [0.3, 0.4) is 0 Å². The zero-order valence-electron chi connectivity index (χ0n) is 11.1. The molecule has 1 heterocycles. The van der Waals surface area contributed by atoms with Gasteiger partial charge in [0.05, 0.1) is 6.61 Å². The molecule has 0 atom stereocenters. The van der Waals surface area contributed by atoms with Gasteiger partial charge >= 0.3 is 0 Å². The molecule has 114 valence electrons. The quantitative estimate of drug-likeness (QED) is 0.882. The summed E-state index contributed by atoms with van der Waals surface area (Å²) in [5.74, 6) is -1.32. The molecule has 0 radical (unpaired) electrons. The van der Waals surface area contributed by atoms with Gasteiger partial charge in [0.25, 0.3) is 0 Å². The summed E-state index contributed by atoms with van der Waals surface area (Å²) in [5, 5.41) is 9.08. The third-order valence-corrected chi connectivity index (χ3v) is 5.96. The minimum Gasteiger partial charge on any atom is -0.391 e. The summed E-state index contributed by atoms with van der Waals surface area (Å²) >= 11 is 0.941. The van der Waals surface area contributed by atoms with E-state index in [4.69, 9.17) is 5.11 Å². The van der Waals surface area contributed by atoms with E-state index in [0.29, 0.717) is 10.4 Å². The van der Waals surface area contributed by atoms with Gasteiger partial charge < -0.3 is 5.11 Å². The fourth-order valence-corrected chi connectivity index (χ4v) is 4.20. The number of thiophene rings is 1. The van der Waals surface area contributed by atoms with Crippen molar-refractivity contribution in [1.29, 1.82) is 0 Å². The van der Waals surface area contributed by atoms with Crippen molar-refractivity contribution in [2.45, 2.75) is 24.3 Å². The molecule has 0 aliphatic heterocycles. The molecule has 0 spiro atoms. The number of aliphatic hydroxyl groups is 1. The zero-order chi connectivity index (χ0) is 15.6. The third kappa shape index (κ3) is 3.65. The second kappa shape index (κ2) is 6.18. The first-order valence-corrected chi connectivity index (χ1v) is 8.27. The highest BCUT2D eigenvalue weighted by Crippen LogP contribution is 2.26. The molecule has 1 aromatic carbocycles. The Morgan fingerprint density at radius 3 is 2.62 bits per heavy atom. The van der Waals surface area contributed by atoms with Crippen LogP contribution in [0.1, 0.15) is 16.0 Å². The number of benzene rings is 1. The van der Waals surface area contributed by atoms with E-state index in [1.165, 1.54) is 6.07 Å². The fourth-order valence-electron chi connectivity index (χ4n) is 1.70. The van der Waals surface area contributed by atoms with Gasteiger partial charge in [-0.3, -0.25) is 0 Å². The highest BCUT2D eigenvalue weighted by atomic mass is 32.2. The van der Waals surface area contributed by atoms with E-state index in [2.05, 4.69) is 4.72 Å². The van der Waals surface area contributed by atoms with Crippen molar-refractivity contribution in [3.63, 3.8) is 0 Å². The molecule has 21 heavy (non-hydrogen) atoms. The molecule has 0 bridgehead atoms. The van der Waals surface area contributed by atoms with Crippen LogP contribution in [0.4, 0.5) is 8.78 Å². The van der Waals surface area contributed by atoms with Crippen molar-refractivity contribution < 1.29 is 22.3 Å². The number of rotatable bonds is 5. The smallest absolute Gasteiger partial charge is 0.250 e. The Bertz CT molecular complexity index is 757. The van der Waals surface area contributed by atoms with Crippen molar-refractivity contribution in [2.24, 2.45) is 0 Å².